The average Bonchev–Trinajstić information content (AvgIpc) is 2.69. The van der Waals surface area contributed by atoms with Gasteiger partial charge in [-0.15, -0.1) is 0 Å². The second-order valence-electron chi connectivity index (χ2n) is 4.48. The van der Waals surface area contributed by atoms with Crippen LogP contribution in [0.1, 0.15) is 21.6 Å². The van der Waals surface area contributed by atoms with Crippen LogP contribution < -0.4 is 11.1 Å². The van der Waals surface area contributed by atoms with Crippen molar-refractivity contribution in [1.82, 2.24) is 9.78 Å². The number of carbonyl (C=O) groups excluding carboxylic acids is 1. The fraction of sp³-hybridized carbons (Fsp3) is 0.286. The SMILES string of the molecule is Cc1cc(NC(=O)c2ccc(CCN)cc2)n(C)n1. The molecule has 0 saturated heterocycles. The minimum absolute atomic E-state index is 0.137. The van der Waals surface area contributed by atoms with Gasteiger partial charge in [-0.05, 0) is 37.6 Å². The van der Waals surface area contributed by atoms with E-state index in [4.69, 9.17) is 5.73 Å². The Kier molecular flexibility index (Phi) is 3.97. The Morgan fingerprint density at radius 3 is 2.58 bits per heavy atom. The van der Waals surface area contributed by atoms with Crippen LogP contribution in [0.25, 0.3) is 0 Å². The average molecular weight is 258 g/mol. The molecule has 1 amide bonds. The first-order valence-corrected chi connectivity index (χ1v) is 6.21. The zero-order valence-corrected chi connectivity index (χ0v) is 11.2. The summed E-state index contributed by atoms with van der Waals surface area (Å²) in [6.45, 7) is 2.50. The van der Waals surface area contributed by atoms with Gasteiger partial charge in [0.1, 0.15) is 5.82 Å². The summed E-state index contributed by atoms with van der Waals surface area (Å²) >= 11 is 0. The Morgan fingerprint density at radius 1 is 1.37 bits per heavy atom. The summed E-state index contributed by atoms with van der Waals surface area (Å²) < 4.78 is 1.65. The van der Waals surface area contributed by atoms with E-state index in [0.717, 1.165) is 17.7 Å². The van der Waals surface area contributed by atoms with Crippen molar-refractivity contribution in [1.29, 1.82) is 0 Å². The lowest BCUT2D eigenvalue weighted by Crippen LogP contribution is -2.14. The number of hydrogen-bond donors (Lipinski definition) is 2. The van der Waals surface area contributed by atoms with Crippen molar-refractivity contribution < 1.29 is 4.79 Å². The van der Waals surface area contributed by atoms with Crippen LogP contribution >= 0.6 is 0 Å². The molecule has 0 radical (unpaired) electrons. The fourth-order valence-corrected chi connectivity index (χ4v) is 1.91. The number of amides is 1. The largest absolute Gasteiger partial charge is 0.330 e. The maximum absolute atomic E-state index is 12.1. The van der Waals surface area contributed by atoms with E-state index in [-0.39, 0.29) is 5.91 Å². The Labute approximate surface area is 112 Å². The highest BCUT2D eigenvalue weighted by Crippen LogP contribution is 2.11. The molecule has 0 fully saturated rings. The summed E-state index contributed by atoms with van der Waals surface area (Å²) in [5.41, 5.74) is 8.12. The number of rotatable bonds is 4. The summed E-state index contributed by atoms with van der Waals surface area (Å²) in [4.78, 5) is 12.1. The molecule has 1 heterocycles. The molecule has 5 heteroatoms. The first-order valence-electron chi connectivity index (χ1n) is 6.21. The fourth-order valence-electron chi connectivity index (χ4n) is 1.91. The Balaban J connectivity index is 2.09. The topological polar surface area (TPSA) is 72.9 Å². The van der Waals surface area contributed by atoms with Crippen molar-refractivity contribution in [3.05, 3.63) is 47.2 Å². The van der Waals surface area contributed by atoms with E-state index >= 15 is 0 Å². The van der Waals surface area contributed by atoms with Crippen LogP contribution in [0, 0.1) is 6.92 Å². The number of benzene rings is 1. The first-order chi connectivity index (χ1) is 9.10. The predicted molar refractivity (Wildman–Crippen MR) is 75.1 cm³/mol. The van der Waals surface area contributed by atoms with Crippen molar-refractivity contribution >= 4 is 11.7 Å². The number of nitrogens with one attached hydrogen (secondary N) is 1. The number of carbonyl (C=O) groups is 1. The summed E-state index contributed by atoms with van der Waals surface area (Å²) in [7, 11) is 1.80. The number of aryl methyl sites for hydroxylation is 2. The van der Waals surface area contributed by atoms with Gasteiger partial charge in [-0.25, -0.2) is 0 Å². The van der Waals surface area contributed by atoms with Crippen LogP contribution in [-0.4, -0.2) is 22.2 Å². The van der Waals surface area contributed by atoms with Crippen molar-refractivity contribution in [2.45, 2.75) is 13.3 Å². The highest BCUT2D eigenvalue weighted by Gasteiger charge is 2.09. The van der Waals surface area contributed by atoms with Gasteiger partial charge in [-0.2, -0.15) is 5.10 Å². The lowest BCUT2D eigenvalue weighted by atomic mass is 10.1. The van der Waals surface area contributed by atoms with Gasteiger partial charge >= 0.3 is 0 Å². The summed E-state index contributed by atoms with van der Waals surface area (Å²) in [5.74, 6) is 0.552. The third-order valence-electron chi connectivity index (χ3n) is 2.89. The molecule has 0 atom stereocenters. The molecule has 0 aliphatic heterocycles. The Bertz CT molecular complexity index is 572. The van der Waals surface area contributed by atoms with Gasteiger partial charge in [-0.3, -0.25) is 9.48 Å². The highest BCUT2D eigenvalue weighted by molar-refractivity contribution is 6.03. The van der Waals surface area contributed by atoms with E-state index in [9.17, 15) is 4.79 Å². The third kappa shape index (κ3) is 3.20. The van der Waals surface area contributed by atoms with Gasteiger partial charge in [0.15, 0.2) is 0 Å². The molecule has 5 nitrogen and oxygen atoms in total. The second kappa shape index (κ2) is 5.67. The quantitative estimate of drug-likeness (QED) is 0.872. The molecule has 2 aromatic rings. The molecule has 0 aliphatic carbocycles. The molecule has 1 aromatic carbocycles. The molecule has 100 valence electrons. The van der Waals surface area contributed by atoms with Crippen LogP contribution in [0.15, 0.2) is 30.3 Å². The molecule has 0 aliphatic rings. The molecule has 2 rings (SSSR count). The van der Waals surface area contributed by atoms with E-state index in [1.54, 1.807) is 11.7 Å². The number of anilines is 1. The number of hydrogen-bond acceptors (Lipinski definition) is 3. The summed E-state index contributed by atoms with van der Waals surface area (Å²) in [5, 5.41) is 7.02. The van der Waals surface area contributed by atoms with E-state index in [0.29, 0.717) is 17.9 Å². The maximum Gasteiger partial charge on any atom is 0.256 e. The second-order valence-corrected chi connectivity index (χ2v) is 4.48. The lowest BCUT2D eigenvalue weighted by Gasteiger charge is -2.06. The number of nitrogens with two attached hydrogens (primary N) is 1. The number of aromatic nitrogens is 2. The van der Waals surface area contributed by atoms with Gasteiger partial charge in [-0.1, -0.05) is 12.1 Å². The lowest BCUT2D eigenvalue weighted by molar-refractivity contribution is 0.102. The van der Waals surface area contributed by atoms with E-state index in [1.807, 2.05) is 37.3 Å². The minimum Gasteiger partial charge on any atom is -0.330 e. The van der Waals surface area contributed by atoms with Crippen LogP contribution in [0.3, 0.4) is 0 Å². The van der Waals surface area contributed by atoms with E-state index in [2.05, 4.69) is 10.4 Å². The predicted octanol–water partition coefficient (Wildman–Crippen LogP) is 1.48. The van der Waals surface area contributed by atoms with Crippen molar-refractivity contribution in [2.24, 2.45) is 12.8 Å². The first kappa shape index (κ1) is 13.3. The summed E-state index contributed by atoms with van der Waals surface area (Å²) in [6, 6.07) is 9.31. The normalized spacial score (nSPS) is 10.5. The Morgan fingerprint density at radius 2 is 2.05 bits per heavy atom. The third-order valence-corrected chi connectivity index (χ3v) is 2.89. The van der Waals surface area contributed by atoms with E-state index < -0.39 is 0 Å². The van der Waals surface area contributed by atoms with Crippen molar-refractivity contribution in [3.63, 3.8) is 0 Å². The van der Waals surface area contributed by atoms with Crippen LogP contribution in [0.5, 0.6) is 0 Å². The van der Waals surface area contributed by atoms with Crippen molar-refractivity contribution in [3.8, 4) is 0 Å². The van der Waals surface area contributed by atoms with Crippen LogP contribution in [-0.2, 0) is 13.5 Å². The van der Waals surface area contributed by atoms with Crippen LogP contribution in [0.2, 0.25) is 0 Å². The molecule has 1 aromatic heterocycles. The summed E-state index contributed by atoms with van der Waals surface area (Å²) in [6.07, 6.45) is 0.822. The molecule has 19 heavy (non-hydrogen) atoms. The molecular formula is C14H18N4O. The van der Waals surface area contributed by atoms with Gasteiger partial charge in [0, 0.05) is 18.7 Å². The van der Waals surface area contributed by atoms with Crippen LogP contribution in [0.4, 0.5) is 5.82 Å². The zero-order valence-electron chi connectivity index (χ0n) is 11.2. The van der Waals surface area contributed by atoms with Gasteiger partial charge in [0.05, 0.1) is 5.69 Å². The van der Waals surface area contributed by atoms with E-state index in [1.165, 1.54) is 0 Å². The minimum atomic E-state index is -0.137. The smallest absolute Gasteiger partial charge is 0.256 e. The molecule has 3 N–H and O–H groups in total. The van der Waals surface area contributed by atoms with Gasteiger partial charge < -0.3 is 11.1 Å². The Hall–Kier alpha value is -2.14. The highest BCUT2D eigenvalue weighted by atomic mass is 16.1. The number of nitrogens with zero attached hydrogens (tertiary/aromatic N) is 2. The monoisotopic (exact) mass is 258 g/mol. The zero-order chi connectivity index (χ0) is 13.8. The van der Waals surface area contributed by atoms with Gasteiger partial charge in [0.25, 0.3) is 5.91 Å². The molecule has 0 saturated carbocycles. The molecule has 0 unspecified atom stereocenters. The van der Waals surface area contributed by atoms with Crippen molar-refractivity contribution in [2.75, 3.05) is 11.9 Å². The molecule has 0 spiro atoms. The standard InChI is InChI=1S/C14H18N4O/c1-10-9-13(18(2)17-10)16-14(19)12-5-3-11(4-6-12)7-8-15/h3-6,9H,7-8,15H2,1-2H3,(H,16,19). The molecular weight excluding hydrogens is 240 g/mol. The molecule has 0 bridgehead atoms. The van der Waals surface area contributed by atoms with Gasteiger partial charge in [0.2, 0.25) is 0 Å². The maximum atomic E-state index is 12.1.